The highest BCUT2D eigenvalue weighted by Gasteiger charge is 2.26. The van der Waals surface area contributed by atoms with Crippen LogP contribution in [0.3, 0.4) is 0 Å². The van der Waals surface area contributed by atoms with Gasteiger partial charge in [0.15, 0.2) is 0 Å². The second-order valence-corrected chi connectivity index (χ2v) is 4.47. The van der Waals surface area contributed by atoms with Crippen molar-refractivity contribution < 1.29 is 9.53 Å². The number of hydrogen-bond donors (Lipinski definition) is 2. The van der Waals surface area contributed by atoms with Gasteiger partial charge in [-0.3, -0.25) is 10.1 Å². The molecule has 17 heavy (non-hydrogen) atoms. The lowest BCUT2D eigenvalue weighted by molar-refractivity contribution is -0.125. The van der Waals surface area contributed by atoms with E-state index in [4.69, 9.17) is 4.74 Å². The molecular formula is C13H18N2O2. The summed E-state index contributed by atoms with van der Waals surface area (Å²) in [5.74, 6) is 0.880. The van der Waals surface area contributed by atoms with Crippen molar-refractivity contribution in [2.45, 2.75) is 25.9 Å². The molecule has 1 amide bonds. The Kier molecular flexibility index (Phi) is 3.33. The molecule has 1 aliphatic heterocycles. The van der Waals surface area contributed by atoms with Crippen LogP contribution in [0.4, 0.5) is 0 Å². The lowest BCUT2D eigenvalue weighted by Gasteiger charge is -2.29. The van der Waals surface area contributed by atoms with Crippen molar-refractivity contribution in [3.63, 3.8) is 0 Å². The van der Waals surface area contributed by atoms with E-state index < -0.39 is 0 Å². The minimum absolute atomic E-state index is 0.0349. The largest absolute Gasteiger partial charge is 0.496 e. The lowest BCUT2D eigenvalue weighted by Crippen LogP contribution is -2.52. The Morgan fingerprint density at radius 3 is 2.82 bits per heavy atom. The van der Waals surface area contributed by atoms with E-state index >= 15 is 0 Å². The molecule has 1 fully saturated rings. The number of benzene rings is 1. The highest BCUT2D eigenvalue weighted by Crippen LogP contribution is 2.23. The Labute approximate surface area is 101 Å². The van der Waals surface area contributed by atoms with Crippen molar-refractivity contribution >= 4 is 5.91 Å². The Balaban J connectivity index is 2.26. The van der Waals surface area contributed by atoms with Crippen molar-refractivity contribution in [1.29, 1.82) is 0 Å². The molecule has 4 nitrogen and oxygen atoms in total. The van der Waals surface area contributed by atoms with Crippen molar-refractivity contribution in [3.05, 3.63) is 29.3 Å². The molecular weight excluding hydrogens is 216 g/mol. The molecule has 0 spiro atoms. The number of ether oxygens (including phenoxy) is 1. The zero-order chi connectivity index (χ0) is 12.4. The molecule has 1 aliphatic rings. The normalized spacial score (nSPS) is 24.3. The monoisotopic (exact) mass is 234 g/mol. The minimum Gasteiger partial charge on any atom is -0.496 e. The summed E-state index contributed by atoms with van der Waals surface area (Å²) in [6.45, 7) is 4.72. The highest BCUT2D eigenvalue weighted by atomic mass is 16.5. The molecule has 92 valence electrons. The zero-order valence-electron chi connectivity index (χ0n) is 10.4. The van der Waals surface area contributed by atoms with Gasteiger partial charge in [-0.15, -0.1) is 0 Å². The Hall–Kier alpha value is -1.55. The Bertz CT molecular complexity index is 431. The molecule has 1 saturated heterocycles. The van der Waals surface area contributed by atoms with Crippen molar-refractivity contribution in [1.82, 2.24) is 10.6 Å². The van der Waals surface area contributed by atoms with Crippen LogP contribution >= 0.6 is 0 Å². The smallest absolute Gasteiger partial charge is 0.241 e. The first-order valence-corrected chi connectivity index (χ1v) is 5.80. The SMILES string of the molecule is COc1ccc(C2NC(C)CNC2=O)cc1C. The van der Waals surface area contributed by atoms with E-state index in [-0.39, 0.29) is 11.9 Å². The van der Waals surface area contributed by atoms with Crippen LogP contribution in [-0.4, -0.2) is 25.6 Å². The van der Waals surface area contributed by atoms with Gasteiger partial charge in [-0.05, 0) is 31.0 Å². The first-order chi connectivity index (χ1) is 8.11. The number of carbonyl (C=O) groups is 1. The van der Waals surface area contributed by atoms with Crippen LogP contribution in [0.5, 0.6) is 5.75 Å². The van der Waals surface area contributed by atoms with E-state index in [0.29, 0.717) is 12.6 Å². The maximum atomic E-state index is 11.8. The molecule has 2 unspecified atom stereocenters. The second kappa shape index (κ2) is 4.75. The topological polar surface area (TPSA) is 50.4 Å². The summed E-state index contributed by atoms with van der Waals surface area (Å²) in [6, 6.07) is 5.86. The molecule has 1 aromatic rings. The standard InChI is InChI=1S/C13H18N2O2/c1-8-6-10(4-5-11(8)17-3)12-13(16)14-7-9(2)15-12/h4-6,9,12,15H,7H2,1-3H3,(H,14,16). The minimum atomic E-state index is -0.261. The van der Waals surface area contributed by atoms with Gasteiger partial charge >= 0.3 is 0 Å². The van der Waals surface area contributed by atoms with E-state index in [1.807, 2.05) is 25.1 Å². The molecule has 0 saturated carbocycles. The van der Waals surface area contributed by atoms with Crippen LogP contribution in [0.25, 0.3) is 0 Å². The molecule has 0 aromatic heterocycles. The number of methoxy groups -OCH3 is 1. The van der Waals surface area contributed by atoms with Gasteiger partial charge in [0.05, 0.1) is 7.11 Å². The lowest BCUT2D eigenvalue weighted by atomic mass is 10.0. The maximum Gasteiger partial charge on any atom is 0.241 e. The van der Waals surface area contributed by atoms with E-state index in [1.54, 1.807) is 7.11 Å². The van der Waals surface area contributed by atoms with E-state index in [9.17, 15) is 4.79 Å². The summed E-state index contributed by atoms with van der Waals surface area (Å²) in [6.07, 6.45) is 0. The predicted octanol–water partition coefficient (Wildman–Crippen LogP) is 1.15. The van der Waals surface area contributed by atoms with E-state index in [0.717, 1.165) is 16.9 Å². The summed E-state index contributed by atoms with van der Waals surface area (Å²) in [5.41, 5.74) is 2.02. The van der Waals surface area contributed by atoms with Gasteiger partial charge in [0, 0.05) is 12.6 Å². The van der Waals surface area contributed by atoms with Crippen LogP contribution in [-0.2, 0) is 4.79 Å². The third-order valence-corrected chi connectivity index (χ3v) is 3.05. The predicted molar refractivity (Wildman–Crippen MR) is 66.1 cm³/mol. The molecule has 1 aromatic carbocycles. The third kappa shape index (κ3) is 2.42. The summed E-state index contributed by atoms with van der Waals surface area (Å²) >= 11 is 0. The molecule has 0 bridgehead atoms. The van der Waals surface area contributed by atoms with Gasteiger partial charge in [-0.2, -0.15) is 0 Å². The molecule has 2 atom stereocenters. The summed E-state index contributed by atoms with van der Waals surface area (Å²) < 4.78 is 5.21. The van der Waals surface area contributed by atoms with E-state index in [2.05, 4.69) is 17.6 Å². The molecule has 2 rings (SSSR count). The van der Waals surface area contributed by atoms with Crippen LogP contribution in [0, 0.1) is 6.92 Å². The number of nitrogens with one attached hydrogen (secondary N) is 2. The summed E-state index contributed by atoms with van der Waals surface area (Å²) in [5, 5.41) is 6.19. The number of aryl methyl sites for hydroxylation is 1. The molecule has 0 radical (unpaired) electrons. The van der Waals surface area contributed by atoms with Crippen LogP contribution in [0.1, 0.15) is 24.1 Å². The van der Waals surface area contributed by atoms with Crippen molar-refractivity contribution in [3.8, 4) is 5.75 Å². The fraction of sp³-hybridized carbons (Fsp3) is 0.462. The second-order valence-electron chi connectivity index (χ2n) is 4.47. The third-order valence-electron chi connectivity index (χ3n) is 3.05. The van der Waals surface area contributed by atoms with Crippen molar-refractivity contribution in [2.24, 2.45) is 0 Å². The number of rotatable bonds is 2. The summed E-state index contributed by atoms with van der Waals surface area (Å²) in [4.78, 5) is 11.8. The van der Waals surface area contributed by atoms with Crippen LogP contribution < -0.4 is 15.4 Å². The fourth-order valence-corrected chi connectivity index (χ4v) is 2.10. The Morgan fingerprint density at radius 2 is 2.18 bits per heavy atom. The zero-order valence-corrected chi connectivity index (χ0v) is 10.4. The van der Waals surface area contributed by atoms with Gasteiger partial charge in [-0.1, -0.05) is 12.1 Å². The average Bonchev–Trinajstić information content (AvgIpc) is 2.32. The average molecular weight is 234 g/mol. The first-order valence-electron chi connectivity index (χ1n) is 5.80. The van der Waals surface area contributed by atoms with Gasteiger partial charge in [-0.25, -0.2) is 0 Å². The highest BCUT2D eigenvalue weighted by molar-refractivity contribution is 5.84. The fourth-order valence-electron chi connectivity index (χ4n) is 2.10. The first kappa shape index (κ1) is 11.9. The maximum absolute atomic E-state index is 11.8. The van der Waals surface area contributed by atoms with Crippen LogP contribution in [0.15, 0.2) is 18.2 Å². The summed E-state index contributed by atoms with van der Waals surface area (Å²) in [7, 11) is 1.65. The molecule has 2 N–H and O–H groups in total. The van der Waals surface area contributed by atoms with Crippen molar-refractivity contribution in [2.75, 3.05) is 13.7 Å². The number of piperazine rings is 1. The van der Waals surface area contributed by atoms with Gasteiger partial charge < -0.3 is 10.1 Å². The molecule has 4 heteroatoms. The quantitative estimate of drug-likeness (QED) is 0.807. The number of carbonyl (C=O) groups excluding carboxylic acids is 1. The van der Waals surface area contributed by atoms with Gasteiger partial charge in [0.25, 0.3) is 0 Å². The van der Waals surface area contributed by atoms with Gasteiger partial charge in [0.1, 0.15) is 11.8 Å². The number of hydrogen-bond acceptors (Lipinski definition) is 3. The van der Waals surface area contributed by atoms with Gasteiger partial charge in [0.2, 0.25) is 5.91 Å². The van der Waals surface area contributed by atoms with Crippen LogP contribution in [0.2, 0.25) is 0 Å². The van der Waals surface area contributed by atoms with E-state index in [1.165, 1.54) is 0 Å². The molecule has 0 aliphatic carbocycles. The Morgan fingerprint density at radius 1 is 1.41 bits per heavy atom. The number of amides is 1. The molecule has 1 heterocycles.